The molecular weight excluding hydrogens is 271 g/mol. The summed E-state index contributed by atoms with van der Waals surface area (Å²) >= 11 is 0. The number of carbonyl (C=O) groups excluding carboxylic acids is 1. The van der Waals surface area contributed by atoms with Crippen molar-refractivity contribution in [3.05, 3.63) is 65.5 Å². The van der Waals surface area contributed by atoms with E-state index in [-0.39, 0.29) is 12.4 Å². The van der Waals surface area contributed by atoms with Gasteiger partial charge in [0.1, 0.15) is 5.82 Å². The number of carbonyl (C=O) groups is 1. The number of anilines is 1. The lowest BCUT2D eigenvalue weighted by Gasteiger charge is -2.17. The third-order valence-corrected chi connectivity index (χ3v) is 3.13. The summed E-state index contributed by atoms with van der Waals surface area (Å²) in [7, 11) is 0. The second-order valence-electron chi connectivity index (χ2n) is 4.70. The maximum atomic E-state index is 13.0. The molecule has 0 aromatic heterocycles. The number of urea groups is 1. The van der Waals surface area contributed by atoms with Crippen LogP contribution in [0.2, 0.25) is 0 Å². The number of aliphatic hydroxyl groups is 1. The van der Waals surface area contributed by atoms with Gasteiger partial charge in [0.25, 0.3) is 0 Å². The van der Waals surface area contributed by atoms with Gasteiger partial charge in [-0.2, -0.15) is 0 Å². The Kier molecular flexibility index (Phi) is 4.90. The molecule has 0 saturated carbocycles. The summed E-state index contributed by atoms with van der Waals surface area (Å²) in [5, 5.41) is 14.7. The average molecular weight is 288 g/mol. The Morgan fingerprint density at radius 2 is 1.95 bits per heavy atom. The summed E-state index contributed by atoms with van der Waals surface area (Å²) < 4.78 is 13.0. The molecule has 0 heterocycles. The van der Waals surface area contributed by atoms with Gasteiger partial charge in [0.15, 0.2) is 0 Å². The monoisotopic (exact) mass is 288 g/mol. The van der Waals surface area contributed by atoms with Gasteiger partial charge in [0, 0.05) is 5.69 Å². The van der Waals surface area contributed by atoms with Crippen LogP contribution in [0, 0.1) is 12.7 Å². The fourth-order valence-electron chi connectivity index (χ4n) is 2.00. The number of hydrogen-bond donors (Lipinski definition) is 3. The third-order valence-electron chi connectivity index (χ3n) is 3.13. The maximum Gasteiger partial charge on any atom is 0.319 e. The molecule has 2 aromatic rings. The molecule has 21 heavy (non-hydrogen) atoms. The van der Waals surface area contributed by atoms with E-state index in [0.29, 0.717) is 11.3 Å². The smallest absolute Gasteiger partial charge is 0.319 e. The van der Waals surface area contributed by atoms with Crippen molar-refractivity contribution in [2.75, 3.05) is 11.9 Å². The summed E-state index contributed by atoms with van der Waals surface area (Å²) in [5.41, 5.74) is 1.97. The van der Waals surface area contributed by atoms with Crippen LogP contribution in [0.1, 0.15) is 17.2 Å². The molecule has 0 radical (unpaired) electrons. The van der Waals surface area contributed by atoms with Crippen LogP contribution in [-0.2, 0) is 0 Å². The minimum absolute atomic E-state index is 0.208. The SMILES string of the molecule is Cc1cc(F)ccc1NC(=O)NC(CO)c1ccccc1. The summed E-state index contributed by atoms with van der Waals surface area (Å²) in [6, 6.07) is 12.4. The second-order valence-corrected chi connectivity index (χ2v) is 4.70. The Labute approximate surface area is 122 Å². The highest BCUT2D eigenvalue weighted by molar-refractivity contribution is 5.90. The zero-order valence-corrected chi connectivity index (χ0v) is 11.6. The van der Waals surface area contributed by atoms with Crippen molar-refractivity contribution < 1.29 is 14.3 Å². The van der Waals surface area contributed by atoms with E-state index in [0.717, 1.165) is 5.56 Å². The topological polar surface area (TPSA) is 61.4 Å². The predicted octanol–water partition coefficient (Wildman–Crippen LogP) is 2.99. The molecule has 0 aliphatic rings. The molecule has 0 saturated heterocycles. The fraction of sp³-hybridized carbons (Fsp3) is 0.188. The molecule has 0 bridgehead atoms. The number of hydrogen-bond acceptors (Lipinski definition) is 2. The van der Waals surface area contributed by atoms with E-state index < -0.39 is 12.1 Å². The molecule has 110 valence electrons. The van der Waals surface area contributed by atoms with E-state index in [9.17, 15) is 14.3 Å². The lowest BCUT2D eigenvalue weighted by atomic mass is 10.1. The number of nitrogens with one attached hydrogen (secondary N) is 2. The molecule has 4 nitrogen and oxygen atoms in total. The largest absolute Gasteiger partial charge is 0.394 e. The Morgan fingerprint density at radius 1 is 1.24 bits per heavy atom. The number of aryl methyl sites for hydroxylation is 1. The van der Waals surface area contributed by atoms with Crippen molar-refractivity contribution in [1.82, 2.24) is 5.32 Å². The van der Waals surface area contributed by atoms with Crippen LogP contribution in [-0.4, -0.2) is 17.7 Å². The third kappa shape index (κ3) is 4.03. The minimum atomic E-state index is -0.494. The number of halogens is 1. The van der Waals surface area contributed by atoms with Gasteiger partial charge >= 0.3 is 6.03 Å². The Balaban J connectivity index is 2.03. The predicted molar refractivity (Wildman–Crippen MR) is 79.6 cm³/mol. The summed E-state index contributed by atoms with van der Waals surface area (Å²) in [6.45, 7) is 1.50. The molecule has 0 aliphatic heterocycles. The molecule has 0 aliphatic carbocycles. The van der Waals surface area contributed by atoms with Crippen LogP contribution < -0.4 is 10.6 Å². The van der Waals surface area contributed by atoms with Crippen LogP contribution in [0.5, 0.6) is 0 Å². The quantitative estimate of drug-likeness (QED) is 0.810. The maximum absolute atomic E-state index is 13.0. The molecular formula is C16H17FN2O2. The van der Waals surface area contributed by atoms with Crippen LogP contribution in [0.25, 0.3) is 0 Å². The first-order valence-electron chi connectivity index (χ1n) is 6.59. The molecule has 2 rings (SSSR count). The number of aliphatic hydroxyl groups excluding tert-OH is 1. The second kappa shape index (κ2) is 6.85. The van der Waals surface area contributed by atoms with Gasteiger partial charge in [-0.3, -0.25) is 0 Å². The van der Waals surface area contributed by atoms with E-state index >= 15 is 0 Å². The highest BCUT2D eigenvalue weighted by Gasteiger charge is 2.13. The first kappa shape index (κ1) is 15.0. The van der Waals surface area contributed by atoms with Crippen molar-refractivity contribution >= 4 is 11.7 Å². The van der Waals surface area contributed by atoms with Gasteiger partial charge in [-0.15, -0.1) is 0 Å². The number of amides is 2. The Hall–Kier alpha value is -2.40. The zero-order valence-electron chi connectivity index (χ0n) is 11.6. The van der Waals surface area contributed by atoms with Crippen LogP contribution in [0.3, 0.4) is 0 Å². The van der Waals surface area contributed by atoms with Gasteiger partial charge in [0.2, 0.25) is 0 Å². The summed E-state index contributed by atoms with van der Waals surface area (Å²) in [5.74, 6) is -0.351. The van der Waals surface area contributed by atoms with Gasteiger partial charge in [-0.25, -0.2) is 9.18 Å². The van der Waals surface area contributed by atoms with Crippen LogP contribution in [0.4, 0.5) is 14.9 Å². The highest BCUT2D eigenvalue weighted by atomic mass is 19.1. The zero-order chi connectivity index (χ0) is 15.2. The highest BCUT2D eigenvalue weighted by Crippen LogP contribution is 2.16. The molecule has 1 atom stereocenters. The molecule has 0 fully saturated rings. The van der Waals surface area contributed by atoms with Crippen LogP contribution >= 0.6 is 0 Å². The van der Waals surface area contributed by atoms with Gasteiger partial charge in [0.05, 0.1) is 12.6 Å². The van der Waals surface area contributed by atoms with Crippen molar-refractivity contribution in [2.45, 2.75) is 13.0 Å². The first-order chi connectivity index (χ1) is 10.1. The van der Waals surface area contributed by atoms with E-state index in [2.05, 4.69) is 10.6 Å². The van der Waals surface area contributed by atoms with Crippen molar-refractivity contribution in [1.29, 1.82) is 0 Å². The standard InChI is InChI=1S/C16H17FN2O2/c1-11-9-13(17)7-8-14(11)18-16(21)19-15(10-20)12-5-3-2-4-6-12/h2-9,15,20H,10H2,1H3,(H2,18,19,21). The van der Waals surface area contributed by atoms with Gasteiger partial charge in [-0.05, 0) is 36.2 Å². The Morgan fingerprint density at radius 3 is 2.57 bits per heavy atom. The summed E-state index contributed by atoms with van der Waals surface area (Å²) in [4.78, 5) is 12.0. The lowest BCUT2D eigenvalue weighted by molar-refractivity contribution is 0.225. The number of benzene rings is 2. The summed E-state index contributed by atoms with van der Waals surface area (Å²) in [6.07, 6.45) is 0. The van der Waals surface area contributed by atoms with Gasteiger partial charge in [-0.1, -0.05) is 30.3 Å². The van der Waals surface area contributed by atoms with E-state index in [1.54, 1.807) is 6.92 Å². The van der Waals surface area contributed by atoms with Crippen molar-refractivity contribution in [2.24, 2.45) is 0 Å². The Bertz CT molecular complexity index is 617. The van der Waals surface area contributed by atoms with E-state index in [1.165, 1.54) is 18.2 Å². The molecule has 5 heteroatoms. The van der Waals surface area contributed by atoms with Gasteiger partial charge < -0.3 is 15.7 Å². The molecule has 2 aromatic carbocycles. The van der Waals surface area contributed by atoms with E-state index in [4.69, 9.17) is 0 Å². The molecule has 3 N–H and O–H groups in total. The number of rotatable bonds is 4. The first-order valence-corrected chi connectivity index (χ1v) is 6.59. The normalized spacial score (nSPS) is 11.8. The molecule has 1 unspecified atom stereocenters. The van der Waals surface area contributed by atoms with Crippen molar-refractivity contribution in [3.8, 4) is 0 Å². The fourth-order valence-corrected chi connectivity index (χ4v) is 2.00. The van der Waals surface area contributed by atoms with Crippen LogP contribution in [0.15, 0.2) is 48.5 Å². The van der Waals surface area contributed by atoms with Crippen molar-refractivity contribution in [3.63, 3.8) is 0 Å². The molecule has 0 spiro atoms. The molecule has 2 amide bonds. The average Bonchev–Trinajstić information content (AvgIpc) is 2.48. The minimum Gasteiger partial charge on any atom is -0.394 e. The van der Waals surface area contributed by atoms with E-state index in [1.807, 2.05) is 30.3 Å². The lowest BCUT2D eigenvalue weighted by Crippen LogP contribution is -2.34.